The highest BCUT2D eigenvalue weighted by Crippen LogP contribution is 2.36. The molecule has 6 heterocycles. The van der Waals surface area contributed by atoms with Crippen molar-refractivity contribution in [1.82, 2.24) is 30.1 Å². The first-order valence-corrected chi connectivity index (χ1v) is 21.7. The summed E-state index contributed by atoms with van der Waals surface area (Å²) in [5.74, 6) is -0.969. The minimum absolute atomic E-state index is 0.0506. The molecule has 1 unspecified atom stereocenters. The van der Waals surface area contributed by atoms with E-state index in [4.69, 9.17) is 9.26 Å². The molecular weight excluding hydrogens is 791 g/mol. The summed E-state index contributed by atoms with van der Waals surface area (Å²) in [5, 5.41) is 11.0. The first-order chi connectivity index (χ1) is 29.0. The maximum atomic E-state index is 13.7. The van der Waals surface area contributed by atoms with Gasteiger partial charge >= 0.3 is 0 Å². The molecule has 3 saturated heterocycles. The van der Waals surface area contributed by atoms with Crippen molar-refractivity contribution in [3.63, 3.8) is 0 Å². The van der Waals surface area contributed by atoms with Crippen molar-refractivity contribution < 1.29 is 36.9 Å². The highest BCUT2D eigenvalue weighted by Gasteiger charge is 2.45. The smallest absolute Gasteiger partial charge is 0.263 e. The molecule has 5 aromatic rings. The van der Waals surface area contributed by atoms with Gasteiger partial charge in [0.05, 0.1) is 29.7 Å². The lowest BCUT2D eigenvalue weighted by molar-refractivity contribution is -0.136. The molecule has 0 aliphatic carbocycles. The van der Waals surface area contributed by atoms with E-state index in [1.807, 2.05) is 30.5 Å². The predicted octanol–water partition coefficient (Wildman–Crippen LogP) is 3.71. The molecule has 2 N–H and O–H groups in total. The number of amides is 4. The van der Waals surface area contributed by atoms with Crippen LogP contribution in [0.15, 0.2) is 82.5 Å². The summed E-state index contributed by atoms with van der Waals surface area (Å²) in [5.41, 5.74) is 3.55. The topological polar surface area (TPSA) is 193 Å². The molecule has 17 nitrogen and oxygen atoms in total. The summed E-state index contributed by atoms with van der Waals surface area (Å²) < 4.78 is 42.9. The van der Waals surface area contributed by atoms with E-state index in [0.29, 0.717) is 34.7 Å². The number of carbonyl (C=O) groups excluding carboxylic acids is 4. The third kappa shape index (κ3) is 7.67. The van der Waals surface area contributed by atoms with Crippen LogP contribution in [0.5, 0.6) is 5.75 Å². The zero-order valence-corrected chi connectivity index (χ0v) is 33.9. The first kappa shape index (κ1) is 39.2. The number of ether oxygens (including phenoxy) is 1. The Kier molecular flexibility index (Phi) is 10.5. The zero-order chi connectivity index (χ0) is 41.5. The minimum atomic E-state index is -4.02. The van der Waals surface area contributed by atoms with Crippen LogP contribution in [0.2, 0.25) is 0 Å². The molecule has 3 fully saturated rings. The number of nitrogens with one attached hydrogen (secondary N) is 2. The zero-order valence-electron chi connectivity index (χ0n) is 33.1. The van der Waals surface area contributed by atoms with Gasteiger partial charge in [-0.25, -0.2) is 8.42 Å². The summed E-state index contributed by atoms with van der Waals surface area (Å²) >= 11 is 0. The summed E-state index contributed by atoms with van der Waals surface area (Å²) in [4.78, 5) is 58.6. The summed E-state index contributed by atoms with van der Waals surface area (Å²) in [7, 11) is -2.50. The van der Waals surface area contributed by atoms with Crippen LogP contribution in [0.25, 0.3) is 11.0 Å². The Morgan fingerprint density at radius 3 is 2.38 bits per heavy atom. The molecule has 60 heavy (non-hydrogen) atoms. The van der Waals surface area contributed by atoms with Gasteiger partial charge < -0.3 is 19.1 Å². The largest absolute Gasteiger partial charge is 0.496 e. The molecule has 9 rings (SSSR count). The van der Waals surface area contributed by atoms with Gasteiger partial charge in [0.25, 0.3) is 21.8 Å². The van der Waals surface area contributed by atoms with Gasteiger partial charge in [-0.1, -0.05) is 11.2 Å². The van der Waals surface area contributed by atoms with Crippen LogP contribution < -0.4 is 24.6 Å². The summed E-state index contributed by atoms with van der Waals surface area (Å²) in [6.45, 7) is 6.37. The normalized spacial score (nSPS) is 19.3. The Hall–Kier alpha value is -6.27. The van der Waals surface area contributed by atoms with E-state index in [0.717, 1.165) is 86.9 Å². The molecule has 4 aliphatic heterocycles. The number of nitrogens with zero attached hydrogens (tertiary/aromatic N) is 7. The molecule has 3 aromatic carbocycles. The van der Waals surface area contributed by atoms with E-state index in [-0.39, 0.29) is 29.1 Å². The molecule has 18 heteroatoms. The van der Waals surface area contributed by atoms with Crippen LogP contribution in [0, 0.1) is 5.92 Å². The second kappa shape index (κ2) is 16.1. The van der Waals surface area contributed by atoms with Gasteiger partial charge in [0.1, 0.15) is 17.2 Å². The number of aromatic nitrogens is 3. The van der Waals surface area contributed by atoms with E-state index >= 15 is 0 Å². The third-order valence-corrected chi connectivity index (χ3v) is 13.4. The monoisotopic (exact) mass is 835 g/mol. The van der Waals surface area contributed by atoms with E-state index in [1.54, 1.807) is 47.3 Å². The number of carbonyl (C=O) groups is 4. The number of imide groups is 2. The number of anilines is 3. The number of piperazine rings is 1. The lowest BCUT2D eigenvalue weighted by atomic mass is 9.92. The lowest BCUT2D eigenvalue weighted by Gasteiger charge is -2.38. The fourth-order valence-electron chi connectivity index (χ4n) is 8.76. The molecule has 1 atom stereocenters. The van der Waals surface area contributed by atoms with Gasteiger partial charge in [0, 0.05) is 69.5 Å². The third-order valence-electron chi connectivity index (χ3n) is 12.1. The molecule has 0 spiro atoms. The van der Waals surface area contributed by atoms with E-state index in [2.05, 4.69) is 35.0 Å². The molecular formula is C42H45N9O8S. The number of rotatable bonds is 12. The van der Waals surface area contributed by atoms with E-state index in [1.165, 1.54) is 7.11 Å². The second-order valence-electron chi connectivity index (χ2n) is 15.7. The van der Waals surface area contributed by atoms with Crippen molar-refractivity contribution in [2.24, 2.45) is 5.92 Å². The Labute approximate surface area is 346 Å². The minimum Gasteiger partial charge on any atom is -0.496 e. The number of hydrogen-bond acceptors (Lipinski definition) is 13. The molecule has 4 amide bonds. The van der Waals surface area contributed by atoms with E-state index < -0.39 is 39.7 Å². The van der Waals surface area contributed by atoms with Crippen LogP contribution in [0.3, 0.4) is 0 Å². The fraction of sp³-hybridized carbons (Fsp3) is 0.381. The number of fused-ring (bicyclic) bond motifs is 2. The Morgan fingerprint density at radius 1 is 0.867 bits per heavy atom. The maximum Gasteiger partial charge on any atom is 0.263 e. The lowest BCUT2D eigenvalue weighted by Crippen LogP contribution is -2.54. The van der Waals surface area contributed by atoms with Gasteiger partial charge in [-0.05, 0) is 98.3 Å². The van der Waals surface area contributed by atoms with Crippen molar-refractivity contribution in [2.45, 2.75) is 49.6 Å². The van der Waals surface area contributed by atoms with E-state index in [9.17, 15) is 27.6 Å². The van der Waals surface area contributed by atoms with Crippen LogP contribution >= 0.6 is 0 Å². The van der Waals surface area contributed by atoms with Crippen molar-refractivity contribution in [1.29, 1.82) is 0 Å². The average molecular weight is 836 g/mol. The molecule has 0 bridgehead atoms. The van der Waals surface area contributed by atoms with Crippen LogP contribution in [0.1, 0.15) is 58.4 Å². The molecule has 0 radical (unpaired) electrons. The van der Waals surface area contributed by atoms with Crippen molar-refractivity contribution in [3.8, 4) is 5.75 Å². The SMILES string of the molecule is COc1cc(Cn2cccn2)cc2onc(NS(=O)(=O)c3cccc(N4CCN(CCC5CCN(c6ccc7c(c6)C(=O)N(C6CCC(=O)NC6=O)C7=O)CC5)CC4)c3)c12. The van der Waals surface area contributed by atoms with Crippen LogP contribution in [-0.2, 0) is 26.2 Å². The van der Waals surface area contributed by atoms with Crippen molar-refractivity contribution >= 4 is 61.8 Å². The maximum absolute atomic E-state index is 13.7. The summed E-state index contributed by atoms with van der Waals surface area (Å²) in [6, 6.07) is 16.7. The molecule has 2 aromatic heterocycles. The fourth-order valence-corrected chi connectivity index (χ4v) is 9.80. The van der Waals surface area contributed by atoms with Crippen molar-refractivity contribution in [2.75, 3.05) is 67.4 Å². The number of sulfonamides is 1. The second-order valence-corrected chi connectivity index (χ2v) is 17.4. The van der Waals surface area contributed by atoms with Gasteiger partial charge in [-0.3, -0.25) is 43.7 Å². The Bertz CT molecular complexity index is 2580. The van der Waals surface area contributed by atoms with Gasteiger partial charge in [0.15, 0.2) is 11.4 Å². The number of benzene rings is 3. The first-order valence-electron chi connectivity index (χ1n) is 20.2. The number of hydrogen-bond donors (Lipinski definition) is 2. The molecule has 4 aliphatic rings. The molecule has 0 saturated carbocycles. The summed E-state index contributed by atoms with van der Waals surface area (Å²) in [6.07, 6.45) is 6.83. The highest BCUT2D eigenvalue weighted by atomic mass is 32.2. The van der Waals surface area contributed by atoms with Crippen molar-refractivity contribution in [3.05, 3.63) is 89.7 Å². The van der Waals surface area contributed by atoms with Gasteiger partial charge in [0.2, 0.25) is 11.8 Å². The Balaban J connectivity index is 0.758. The quantitative estimate of drug-likeness (QED) is 0.173. The standard InChI is InChI=1S/C42H45N9O8S/c1-58-35-22-28(26-50-14-3-13-43-50)23-36-38(35)39(45-59-36)46-60(56,57)31-5-2-4-29(24-31)49-20-18-47(19-21-49)15-10-27-11-16-48(17-12-27)30-6-7-32-33(25-30)42(55)51(41(32)54)34-8-9-37(52)44-40(34)53/h2-7,13-14,22-25,27,34H,8-12,15-21,26H2,1H3,(H,45,46)(H,44,52,53). The molecule has 312 valence electrons. The van der Waals surface area contributed by atoms with Crippen LogP contribution in [-0.4, -0.2) is 116 Å². The average Bonchev–Trinajstić information content (AvgIpc) is 3.98. The Morgan fingerprint density at radius 2 is 1.63 bits per heavy atom. The van der Waals surface area contributed by atoms with Gasteiger partial charge in [-0.2, -0.15) is 5.10 Å². The van der Waals surface area contributed by atoms with Crippen LogP contribution in [0.4, 0.5) is 17.2 Å². The number of methoxy groups -OCH3 is 1. The predicted molar refractivity (Wildman–Crippen MR) is 220 cm³/mol. The number of piperidine rings is 2. The highest BCUT2D eigenvalue weighted by molar-refractivity contribution is 7.92. The van der Waals surface area contributed by atoms with Gasteiger partial charge in [-0.15, -0.1) is 0 Å².